The van der Waals surface area contributed by atoms with Crippen molar-refractivity contribution in [1.29, 1.82) is 0 Å². The Labute approximate surface area is 179 Å². The van der Waals surface area contributed by atoms with Crippen molar-refractivity contribution in [3.05, 3.63) is 12.7 Å². The molecule has 0 heterocycles. The Hall–Kier alpha value is -0.219. The lowest BCUT2D eigenvalue weighted by Crippen LogP contribution is -2.67. The number of hydrogen-bond acceptors (Lipinski definition) is 3. The van der Waals surface area contributed by atoms with Crippen molar-refractivity contribution in [3.8, 4) is 0 Å². The Morgan fingerprint density at radius 3 is 1.50 bits per heavy atom. The molecule has 0 bridgehead atoms. The van der Waals surface area contributed by atoms with Crippen LogP contribution >= 0.6 is 0 Å². The number of rotatable bonds is 9. The summed E-state index contributed by atoms with van der Waals surface area (Å²) >= 11 is 0. The highest BCUT2D eigenvalue weighted by Gasteiger charge is 2.41. The number of carbonyl (C=O) groups is 1. The van der Waals surface area contributed by atoms with E-state index < -0.39 is 24.7 Å². The van der Waals surface area contributed by atoms with Crippen molar-refractivity contribution in [2.45, 2.75) is 110 Å². The fourth-order valence-electron chi connectivity index (χ4n) is 2.63. The van der Waals surface area contributed by atoms with Gasteiger partial charge in [-0.25, -0.2) is 0 Å². The SMILES string of the molecule is C=CC(=O)N(CCC(N[Si](C)(C)C(C)(C)C)N[Si](C)(C)C(C)(C)C)[Si](C)(C)C. The quantitative estimate of drug-likeness (QED) is 0.271. The van der Waals surface area contributed by atoms with Crippen LogP contribution in [0, 0.1) is 0 Å². The number of nitrogens with one attached hydrogen (secondary N) is 2. The highest BCUT2D eigenvalue weighted by molar-refractivity contribution is 6.79. The Kier molecular flexibility index (Phi) is 9.21. The molecule has 0 atom stereocenters. The van der Waals surface area contributed by atoms with E-state index in [9.17, 15) is 4.79 Å². The van der Waals surface area contributed by atoms with Gasteiger partial charge in [0.15, 0.2) is 8.24 Å². The smallest absolute Gasteiger partial charge is 0.238 e. The van der Waals surface area contributed by atoms with Gasteiger partial charge >= 0.3 is 0 Å². The number of carbonyl (C=O) groups excluding carboxylic acids is 1. The molecule has 7 heteroatoms. The summed E-state index contributed by atoms with van der Waals surface area (Å²) in [6, 6.07) is 0. The molecule has 0 fully saturated rings. The zero-order valence-corrected chi connectivity index (χ0v) is 24.1. The molecule has 0 unspecified atom stereocenters. The molecule has 0 aromatic rings. The summed E-state index contributed by atoms with van der Waals surface area (Å²) in [7, 11) is -5.11. The Balaban J connectivity index is 5.67. The molecule has 2 N–H and O–H groups in total. The van der Waals surface area contributed by atoms with Crippen molar-refractivity contribution >= 4 is 30.6 Å². The van der Waals surface area contributed by atoms with Crippen LogP contribution in [0.3, 0.4) is 0 Å². The average molecular weight is 444 g/mol. The fourth-order valence-corrected chi connectivity index (χ4v) is 7.37. The summed E-state index contributed by atoms with van der Waals surface area (Å²) in [5.41, 5.74) is 0. The normalized spacial score (nSPS) is 14.4. The molecule has 0 saturated heterocycles. The molecular formula is C21H49N3OSi3. The van der Waals surface area contributed by atoms with Crippen molar-refractivity contribution < 1.29 is 4.79 Å². The van der Waals surface area contributed by atoms with E-state index in [1.165, 1.54) is 6.08 Å². The van der Waals surface area contributed by atoms with Gasteiger partial charge < -0.3 is 14.5 Å². The summed E-state index contributed by atoms with van der Waals surface area (Å²) in [4.78, 5) is 20.6. The van der Waals surface area contributed by atoms with Crippen LogP contribution in [-0.2, 0) is 4.79 Å². The second-order valence-electron chi connectivity index (χ2n) is 12.2. The summed E-state index contributed by atoms with van der Waals surface area (Å²) in [5.74, 6) is 0.0672. The average Bonchev–Trinajstić information content (AvgIpc) is 2.42. The molecule has 28 heavy (non-hydrogen) atoms. The Morgan fingerprint density at radius 2 is 1.25 bits per heavy atom. The fraction of sp³-hybridized carbons (Fsp3) is 0.857. The van der Waals surface area contributed by atoms with Gasteiger partial charge in [-0.05, 0) is 22.6 Å². The van der Waals surface area contributed by atoms with Gasteiger partial charge in [0.2, 0.25) is 5.91 Å². The van der Waals surface area contributed by atoms with Crippen LogP contribution in [0.25, 0.3) is 0 Å². The van der Waals surface area contributed by atoms with Gasteiger partial charge in [0, 0.05) is 12.7 Å². The highest BCUT2D eigenvalue weighted by Crippen LogP contribution is 2.36. The van der Waals surface area contributed by atoms with Gasteiger partial charge in [-0.15, -0.1) is 0 Å². The maximum absolute atomic E-state index is 12.5. The van der Waals surface area contributed by atoms with Crippen molar-refractivity contribution in [2.75, 3.05) is 6.54 Å². The maximum Gasteiger partial charge on any atom is 0.238 e. The molecule has 0 spiro atoms. The molecule has 0 aromatic carbocycles. The topological polar surface area (TPSA) is 44.4 Å². The van der Waals surface area contributed by atoms with E-state index in [0.717, 1.165) is 13.0 Å². The zero-order valence-electron chi connectivity index (χ0n) is 21.1. The first kappa shape index (κ1) is 27.8. The summed E-state index contributed by atoms with van der Waals surface area (Å²) < 4.78 is 2.08. The molecule has 166 valence electrons. The molecule has 0 aromatic heterocycles. The number of hydrogen-bond donors (Lipinski definition) is 2. The van der Waals surface area contributed by atoms with E-state index in [0.29, 0.717) is 0 Å². The van der Waals surface area contributed by atoms with E-state index >= 15 is 0 Å². The summed E-state index contributed by atoms with van der Waals surface area (Å²) in [5, 5.41) is 0.519. The van der Waals surface area contributed by atoms with Crippen LogP contribution in [0.15, 0.2) is 12.7 Å². The zero-order chi connectivity index (χ0) is 22.8. The van der Waals surface area contributed by atoms with Gasteiger partial charge in [-0.3, -0.25) is 4.79 Å². The maximum atomic E-state index is 12.5. The molecule has 4 nitrogen and oxygen atoms in total. The standard InChI is InChI=1S/C21H49N3OSi3/c1-15-19(25)24(26(8,9)10)17-16-18(22-27(11,12)20(2,3)4)23-28(13,14)21(5,6)7/h15,18,22-23H,1,16-17H2,2-14H3. The third-order valence-corrected chi connectivity index (χ3v) is 18.4. The van der Waals surface area contributed by atoms with Crippen LogP contribution in [0.5, 0.6) is 0 Å². The van der Waals surface area contributed by atoms with Gasteiger partial charge in [-0.1, -0.05) is 94.0 Å². The van der Waals surface area contributed by atoms with Crippen LogP contribution in [-0.4, -0.2) is 47.9 Å². The monoisotopic (exact) mass is 443 g/mol. The minimum absolute atomic E-state index is 0.0672. The van der Waals surface area contributed by atoms with E-state index in [4.69, 9.17) is 0 Å². The van der Waals surface area contributed by atoms with Crippen molar-refractivity contribution in [2.24, 2.45) is 0 Å². The first-order valence-electron chi connectivity index (χ1n) is 10.7. The van der Waals surface area contributed by atoms with E-state index in [1.54, 1.807) is 0 Å². The van der Waals surface area contributed by atoms with Crippen LogP contribution in [0.1, 0.15) is 48.0 Å². The van der Waals surface area contributed by atoms with Gasteiger partial charge in [0.05, 0.1) is 0 Å². The predicted octanol–water partition coefficient (Wildman–Crippen LogP) is 5.74. The van der Waals surface area contributed by atoms with Crippen LogP contribution in [0.4, 0.5) is 0 Å². The third-order valence-electron chi connectivity index (χ3n) is 6.71. The van der Waals surface area contributed by atoms with Crippen molar-refractivity contribution in [3.63, 3.8) is 0 Å². The minimum atomic E-state index is -1.75. The highest BCUT2D eigenvalue weighted by atomic mass is 28.3. The molecule has 0 saturated carbocycles. The first-order chi connectivity index (χ1) is 12.2. The Morgan fingerprint density at radius 1 is 0.893 bits per heavy atom. The lowest BCUT2D eigenvalue weighted by Gasteiger charge is -2.46. The van der Waals surface area contributed by atoms with Crippen LogP contribution in [0.2, 0.25) is 55.9 Å². The molecule has 0 aliphatic carbocycles. The first-order valence-corrected chi connectivity index (χ1v) is 20.1. The number of amides is 1. The number of nitrogens with zero attached hydrogens (tertiary/aromatic N) is 1. The van der Waals surface area contributed by atoms with E-state index in [1.807, 2.05) is 0 Å². The molecule has 0 rings (SSSR count). The second kappa shape index (κ2) is 9.29. The van der Waals surface area contributed by atoms with Gasteiger partial charge in [0.1, 0.15) is 16.5 Å². The molecule has 0 aliphatic heterocycles. The lowest BCUT2D eigenvalue weighted by molar-refractivity contribution is -0.122. The molecule has 0 aliphatic rings. The summed E-state index contributed by atoms with van der Waals surface area (Å²) in [6.07, 6.45) is 2.61. The molecule has 0 radical (unpaired) electrons. The van der Waals surface area contributed by atoms with Gasteiger partial charge in [-0.2, -0.15) is 0 Å². The van der Waals surface area contributed by atoms with E-state index in [2.05, 4.69) is 108 Å². The van der Waals surface area contributed by atoms with Gasteiger partial charge in [0.25, 0.3) is 0 Å². The second-order valence-corrected chi connectivity index (χ2v) is 27.2. The van der Waals surface area contributed by atoms with E-state index in [-0.39, 0.29) is 22.1 Å². The molecular weight excluding hydrogens is 395 g/mol. The minimum Gasteiger partial charge on any atom is -0.366 e. The lowest BCUT2D eigenvalue weighted by atomic mass is 10.2. The predicted molar refractivity (Wildman–Crippen MR) is 134 cm³/mol. The summed E-state index contributed by atoms with van der Waals surface area (Å²) in [6.45, 7) is 34.9. The van der Waals surface area contributed by atoms with Crippen molar-refractivity contribution in [1.82, 2.24) is 14.5 Å². The molecule has 1 amide bonds. The Bertz CT molecular complexity index is 513. The third kappa shape index (κ3) is 7.89. The largest absolute Gasteiger partial charge is 0.366 e. The van der Waals surface area contributed by atoms with Crippen LogP contribution < -0.4 is 9.96 Å².